The fraction of sp³-hybridized carbons (Fsp3) is 0.455. The summed E-state index contributed by atoms with van der Waals surface area (Å²) in [5.74, 6) is 0.181. The van der Waals surface area contributed by atoms with E-state index in [9.17, 15) is 9.59 Å². The highest BCUT2D eigenvalue weighted by atomic mass is 35.5. The summed E-state index contributed by atoms with van der Waals surface area (Å²) >= 11 is 6.73. The van der Waals surface area contributed by atoms with Crippen LogP contribution in [-0.2, 0) is 11.2 Å². The second-order valence-corrected chi connectivity index (χ2v) is 13.4. The molecule has 248 valence electrons. The van der Waals surface area contributed by atoms with Crippen LogP contribution in [0.4, 0.5) is 26.6 Å². The van der Waals surface area contributed by atoms with E-state index in [1.165, 1.54) is 18.5 Å². The van der Waals surface area contributed by atoms with E-state index in [0.717, 1.165) is 43.9 Å². The van der Waals surface area contributed by atoms with Crippen LogP contribution in [-0.4, -0.2) is 79.2 Å². The Bertz CT molecular complexity index is 1770. The monoisotopic (exact) mass is 663 g/mol. The molecule has 2 saturated heterocycles. The lowest BCUT2D eigenvalue weighted by Crippen LogP contribution is -2.41. The molecular formula is C33H39ClFN9O3. The summed E-state index contributed by atoms with van der Waals surface area (Å²) in [6.45, 7) is 9.78. The van der Waals surface area contributed by atoms with Crippen LogP contribution in [0.2, 0.25) is 5.02 Å². The zero-order valence-corrected chi connectivity index (χ0v) is 27.7. The van der Waals surface area contributed by atoms with Gasteiger partial charge in [-0.2, -0.15) is 0 Å². The molecule has 2 N–H and O–H groups in total. The maximum Gasteiger partial charge on any atom is 0.407 e. The number of rotatable bonds is 7. The number of fused-ring (bicyclic) bond motifs is 1. The van der Waals surface area contributed by atoms with Gasteiger partial charge in [0, 0.05) is 56.4 Å². The van der Waals surface area contributed by atoms with Crippen molar-refractivity contribution in [3.63, 3.8) is 0 Å². The van der Waals surface area contributed by atoms with Crippen LogP contribution in [0.5, 0.6) is 0 Å². The maximum absolute atomic E-state index is 15.4. The van der Waals surface area contributed by atoms with Gasteiger partial charge < -0.3 is 29.7 Å². The highest BCUT2D eigenvalue weighted by Gasteiger charge is 2.30. The molecule has 1 atom stereocenters. The second-order valence-electron chi connectivity index (χ2n) is 13.0. The Kier molecular flexibility index (Phi) is 9.18. The zero-order chi connectivity index (χ0) is 33.3. The molecule has 0 unspecified atom stereocenters. The summed E-state index contributed by atoms with van der Waals surface area (Å²) in [5, 5.41) is 6.91. The molecule has 6 rings (SSSR count). The summed E-state index contributed by atoms with van der Waals surface area (Å²) in [6, 6.07) is 4.21. The van der Waals surface area contributed by atoms with Crippen LogP contribution >= 0.6 is 11.6 Å². The predicted molar refractivity (Wildman–Crippen MR) is 178 cm³/mol. The van der Waals surface area contributed by atoms with E-state index in [2.05, 4.69) is 47.0 Å². The highest BCUT2D eigenvalue weighted by molar-refractivity contribution is 6.36. The van der Waals surface area contributed by atoms with Crippen LogP contribution in [0, 0.1) is 5.82 Å². The van der Waals surface area contributed by atoms with Gasteiger partial charge in [0.2, 0.25) is 5.95 Å². The number of nitrogens with one attached hydrogen (secondary N) is 2. The van der Waals surface area contributed by atoms with E-state index >= 15 is 4.39 Å². The summed E-state index contributed by atoms with van der Waals surface area (Å²) in [4.78, 5) is 47.1. The number of amides is 2. The predicted octanol–water partition coefficient (Wildman–Crippen LogP) is 5.90. The van der Waals surface area contributed by atoms with Crippen molar-refractivity contribution in [3.05, 3.63) is 65.1 Å². The van der Waals surface area contributed by atoms with Gasteiger partial charge in [-0.25, -0.2) is 29.1 Å². The first-order chi connectivity index (χ1) is 22.5. The molecule has 47 heavy (non-hydrogen) atoms. The molecule has 0 bridgehead atoms. The number of carbonyl (C=O) groups is 2. The minimum absolute atomic E-state index is 0.152. The average molecular weight is 664 g/mol. The van der Waals surface area contributed by atoms with Gasteiger partial charge in [-0.05, 0) is 70.2 Å². The third kappa shape index (κ3) is 7.24. The van der Waals surface area contributed by atoms with Crippen molar-refractivity contribution in [3.8, 4) is 0 Å². The van der Waals surface area contributed by atoms with Gasteiger partial charge in [-0.1, -0.05) is 18.5 Å². The molecule has 4 aromatic rings. The first-order valence-electron chi connectivity index (χ1n) is 15.9. The number of aryl methyl sites for hydroxylation is 1. The van der Waals surface area contributed by atoms with Gasteiger partial charge in [0.15, 0.2) is 0 Å². The molecule has 2 amide bonds. The van der Waals surface area contributed by atoms with Crippen LogP contribution < -0.4 is 15.5 Å². The number of likely N-dealkylation sites (tertiary alicyclic amines) is 1. The Morgan fingerprint density at radius 2 is 1.81 bits per heavy atom. The number of hydrogen-bond donors (Lipinski definition) is 2. The van der Waals surface area contributed by atoms with Crippen LogP contribution in [0.15, 0.2) is 43.1 Å². The van der Waals surface area contributed by atoms with Crippen molar-refractivity contribution in [2.24, 2.45) is 0 Å². The Morgan fingerprint density at radius 3 is 2.49 bits per heavy atom. The Hall–Kier alpha value is -4.52. The Morgan fingerprint density at radius 1 is 1.06 bits per heavy atom. The Labute approximate surface area is 277 Å². The highest BCUT2D eigenvalue weighted by Crippen LogP contribution is 2.36. The molecule has 5 heterocycles. The van der Waals surface area contributed by atoms with Crippen molar-refractivity contribution >= 4 is 52.1 Å². The fourth-order valence-electron chi connectivity index (χ4n) is 6.05. The van der Waals surface area contributed by atoms with Crippen LogP contribution in [0.25, 0.3) is 11.0 Å². The second kappa shape index (κ2) is 13.3. The van der Waals surface area contributed by atoms with Gasteiger partial charge in [0.25, 0.3) is 5.91 Å². The molecule has 2 aliphatic heterocycles. The zero-order valence-electron chi connectivity index (χ0n) is 27.0. The molecule has 2 aliphatic rings. The molecule has 2 fully saturated rings. The van der Waals surface area contributed by atoms with Gasteiger partial charge >= 0.3 is 6.09 Å². The molecule has 1 aromatic carbocycles. The number of benzene rings is 1. The minimum Gasteiger partial charge on any atom is -0.444 e. The molecule has 0 saturated carbocycles. The maximum atomic E-state index is 15.4. The third-order valence-corrected chi connectivity index (χ3v) is 8.76. The molecule has 0 radical (unpaired) electrons. The fourth-order valence-corrected chi connectivity index (χ4v) is 6.33. The number of ether oxygens (including phenoxy) is 1. The summed E-state index contributed by atoms with van der Waals surface area (Å²) in [6.07, 6.45) is 9.71. The lowest BCUT2D eigenvalue weighted by Gasteiger charge is -2.32. The van der Waals surface area contributed by atoms with Gasteiger partial charge in [0.1, 0.15) is 29.2 Å². The smallest absolute Gasteiger partial charge is 0.407 e. The summed E-state index contributed by atoms with van der Waals surface area (Å²) in [5.41, 5.74) is 1.51. The molecular weight excluding hydrogens is 625 g/mol. The van der Waals surface area contributed by atoms with E-state index in [1.807, 2.05) is 18.6 Å². The van der Waals surface area contributed by atoms with Crippen molar-refractivity contribution in [1.82, 2.24) is 34.7 Å². The number of piperidine rings is 1. The van der Waals surface area contributed by atoms with Crippen molar-refractivity contribution in [2.45, 2.75) is 71.1 Å². The topological polar surface area (TPSA) is 130 Å². The Balaban J connectivity index is 1.11. The summed E-state index contributed by atoms with van der Waals surface area (Å²) < 4.78 is 22.8. The first kappa shape index (κ1) is 32.4. The molecule has 14 heteroatoms. The number of alkyl carbamates (subject to hydrolysis) is 1. The number of hydrogen-bond acceptors (Lipinski definition) is 9. The number of nitrogens with zero attached hydrogens (tertiary/aromatic N) is 7. The first-order valence-corrected chi connectivity index (χ1v) is 16.3. The SMILES string of the molecule is CCc1cnc(N2CCC(n3cc(Cl)c4c(Nc5ccc(C(=O)N6CC[C@@H](NC(=O)OC(C)(C)C)C6)cc5F)ncnc43)CC2)nc1. The number of anilines is 3. The van der Waals surface area contributed by atoms with Crippen LogP contribution in [0.1, 0.15) is 68.9 Å². The van der Waals surface area contributed by atoms with Crippen molar-refractivity contribution in [1.29, 1.82) is 0 Å². The van der Waals surface area contributed by atoms with E-state index < -0.39 is 17.5 Å². The number of carbonyl (C=O) groups excluding carboxylic acids is 2. The van der Waals surface area contributed by atoms with E-state index in [4.69, 9.17) is 16.3 Å². The van der Waals surface area contributed by atoms with E-state index in [-0.39, 0.29) is 29.2 Å². The minimum atomic E-state index is -0.617. The molecule has 0 spiro atoms. The molecule has 0 aliphatic carbocycles. The van der Waals surface area contributed by atoms with Crippen molar-refractivity contribution in [2.75, 3.05) is 36.4 Å². The van der Waals surface area contributed by atoms with Crippen LogP contribution in [0.3, 0.4) is 0 Å². The number of halogens is 2. The normalized spacial score (nSPS) is 17.3. The largest absolute Gasteiger partial charge is 0.444 e. The molecule has 12 nitrogen and oxygen atoms in total. The number of aromatic nitrogens is 5. The average Bonchev–Trinajstić information content (AvgIpc) is 3.65. The lowest BCUT2D eigenvalue weighted by molar-refractivity contribution is 0.0502. The standard InChI is InChI=1S/C33H39ClFN9O3/c1-5-20-15-36-31(37-16-20)42-12-9-23(10-13-42)44-18-24(34)27-28(38-19-39-29(27)44)41-26-7-6-21(14-25(26)35)30(45)43-11-8-22(17-43)40-32(46)47-33(2,3)4/h6-7,14-16,18-19,22-23H,5,8-13,17H2,1-4H3,(H,40,46)(H,38,39,41)/t22-/m1/s1. The lowest BCUT2D eigenvalue weighted by atomic mass is 10.1. The molecule has 3 aromatic heterocycles. The van der Waals surface area contributed by atoms with Gasteiger partial charge in [-0.3, -0.25) is 4.79 Å². The quantitative estimate of drug-likeness (QED) is 0.248. The van der Waals surface area contributed by atoms with E-state index in [0.29, 0.717) is 41.4 Å². The van der Waals surface area contributed by atoms with Crippen molar-refractivity contribution < 1.29 is 18.7 Å². The third-order valence-electron chi connectivity index (χ3n) is 8.47. The van der Waals surface area contributed by atoms with Gasteiger partial charge in [0.05, 0.1) is 22.1 Å². The van der Waals surface area contributed by atoms with Gasteiger partial charge in [-0.15, -0.1) is 0 Å². The van der Waals surface area contributed by atoms with E-state index in [1.54, 1.807) is 31.7 Å². The summed E-state index contributed by atoms with van der Waals surface area (Å²) in [7, 11) is 0.